The van der Waals surface area contributed by atoms with Crippen molar-refractivity contribution < 1.29 is 23.8 Å². The van der Waals surface area contributed by atoms with Crippen molar-refractivity contribution in [3.63, 3.8) is 0 Å². The smallest absolute Gasteiger partial charge is 0.230 e. The number of anilines is 1. The third kappa shape index (κ3) is 4.95. The molecule has 0 unspecified atom stereocenters. The molecule has 0 radical (unpaired) electrons. The van der Waals surface area contributed by atoms with Crippen LogP contribution in [0.3, 0.4) is 0 Å². The molecule has 34 heavy (non-hydrogen) atoms. The molecule has 8 nitrogen and oxygen atoms in total. The van der Waals surface area contributed by atoms with E-state index in [-0.39, 0.29) is 24.7 Å². The third-order valence-electron chi connectivity index (χ3n) is 6.37. The highest BCUT2D eigenvalue weighted by molar-refractivity contribution is 5.85. The molecular formula is C26H31N3O5. The maximum atomic E-state index is 12.9. The number of methoxy groups -OCH3 is 3. The molecule has 8 heteroatoms. The van der Waals surface area contributed by atoms with Crippen LogP contribution in [0.2, 0.25) is 0 Å². The van der Waals surface area contributed by atoms with Gasteiger partial charge in [-0.25, -0.2) is 0 Å². The first-order valence-corrected chi connectivity index (χ1v) is 11.4. The molecule has 2 aromatic carbocycles. The van der Waals surface area contributed by atoms with Crippen molar-refractivity contribution in [2.75, 3.05) is 59.0 Å². The highest BCUT2D eigenvalue weighted by atomic mass is 16.5. The summed E-state index contributed by atoms with van der Waals surface area (Å²) in [6.07, 6.45) is 4.17. The molecule has 180 valence electrons. The molecule has 2 aromatic rings. The Labute approximate surface area is 200 Å². The first-order valence-electron chi connectivity index (χ1n) is 11.4. The molecule has 0 atom stereocenters. The molecule has 0 bridgehead atoms. The van der Waals surface area contributed by atoms with Crippen LogP contribution in [0.5, 0.6) is 17.2 Å². The number of para-hydroxylation sites is 2. The van der Waals surface area contributed by atoms with Gasteiger partial charge in [-0.1, -0.05) is 12.1 Å². The van der Waals surface area contributed by atoms with Crippen LogP contribution in [0.1, 0.15) is 17.5 Å². The Kier molecular flexibility index (Phi) is 7.25. The predicted molar refractivity (Wildman–Crippen MR) is 130 cm³/mol. The Balaban J connectivity index is 1.33. The summed E-state index contributed by atoms with van der Waals surface area (Å²) >= 11 is 0. The van der Waals surface area contributed by atoms with Gasteiger partial charge in [0.05, 0.1) is 33.4 Å². The number of rotatable bonds is 7. The predicted octanol–water partition coefficient (Wildman–Crippen LogP) is 2.81. The summed E-state index contributed by atoms with van der Waals surface area (Å²) in [5.74, 6) is 2.07. The summed E-state index contributed by atoms with van der Waals surface area (Å²) in [4.78, 5) is 31.5. The van der Waals surface area contributed by atoms with Crippen LogP contribution in [0.25, 0.3) is 6.08 Å². The lowest BCUT2D eigenvalue weighted by Gasteiger charge is -2.36. The van der Waals surface area contributed by atoms with Gasteiger partial charge >= 0.3 is 0 Å². The van der Waals surface area contributed by atoms with Gasteiger partial charge in [0.25, 0.3) is 0 Å². The highest BCUT2D eigenvalue weighted by Crippen LogP contribution is 2.33. The Hall–Kier alpha value is -3.68. The zero-order valence-electron chi connectivity index (χ0n) is 20.0. The van der Waals surface area contributed by atoms with E-state index < -0.39 is 0 Å². The van der Waals surface area contributed by atoms with Gasteiger partial charge < -0.3 is 28.9 Å². The average Bonchev–Trinajstić information content (AvgIpc) is 3.03. The van der Waals surface area contributed by atoms with Gasteiger partial charge in [-0.15, -0.1) is 0 Å². The Morgan fingerprint density at radius 2 is 1.59 bits per heavy atom. The van der Waals surface area contributed by atoms with Crippen LogP contribution in [0.15, 0.2) is 42.6 Å². The maximum absolute atomic E-state index is 12.9. The van der Waals surface area contributed by atoms with Crippen molar-refractivity contribution in [1.29, 1.82) is 0 Å². The molecule has 0 spiro atoms. The zero-order valence-corrected chi connectivity index (χ0v) is 20.0. The van der Waals surface area contributed by atoms with Crippen LogP contribution in [0.4, 0.5) is 5.69 Å². The van der Waals surface area contributed by atoms with E-state index in [2.05, 4.69) is 4.90 Å². The summed E-state index contributed by atoms with van der Waals surface area (Å²) in [6, 6.07) is 11.6. The molecule has 0 saturated carbocycles. The zero-order chi connectivity index (χ0) is 24.1. The number of carbonyl (C=O) groups is 2. The number of hydrogen-bond donors (Lipinski definition) is 0. The molecule has 4 rings (SSSR count). The fourth-order valence-electron chi connectivity index (χ4n) is 4.42. The fourth-order valence-corrected chi connectivity index (χ4v) is 4.42. The lowest BCUT2D eigenvalue weighted by Crippen LogP contribution is -2.49. The highest BCUT2D eigenvalue weighted by Gasteiger charge is 2.25. The van der Waals surface area contributed by atoms with Crippen molar-refractivity contribution in [1.82, 2.24) is 9.80 Å². The van der Waals surface area contributed by atoms with Gasteiger partial charge in [0, 0.05) is 45.3 Å². The second-order valence-corrected chi connectivity index (χ2v) is 8.28. The molecule has 1 saturated heterocycles. The van der Waals surface area contributed by atoms with E-state index in [4.69, 9.17) is 14.2 Å². The van der Waals surface area contributed by atoms with Crippen molar-refractivity contribution in [2.24, 2.45) is 0 Å². The normalized spacial score (nSPS) is 15.6. The monoisotopic (exact) mass is 465 g/mol. The van der Waals surface area contributed by atoms with Crippen molar-refractivity contribution in [3.05, 3.63) is 53.7 Å². The largest absolute Gasteiger partial charge is 0.495 e. The average molecular weight is 466 g/mol. The second-order valence-electron chi connectivity index (χ2n) is 8.28. The van der Waals surface area contributed by atoms with Gasteiger partial charge in [0.15, 0.2) is 11.5 Å². The van der Waals surface area contributed by atoms with E-state index in [0.717, 1.165) is 35.7 Å². The summed E-state index contributed by atoms with van der Waals surface area (Å²) in [7, 11) is 4.83. The first kappa shape index (κ1) is 23.5. The lowest BCUT2D eigenvalue weighted by molar-refractivity contribution is -0.133. The molecule has 0 N–H and O–H groups in total. The number of piperazine rings is 1. The first-order chi connectivity index (χ1) is 16.5. The Morgan fingerprint density at radius 1 is 0.912 bits per heavy atom. The number of ether oxygens (including phenoxy) is 3. The molecule has 1 fully saturated rings. The number of hydrogen-bond acceptors (Lipinski definition) is 6. The number of fused-ring (bicyclic) bond motifs is 1. The van der Waals surface area contributed by atoms with Gasteiger partial charge in [-0.05, 0) is 41.5 Å². The molecule has 2 aliphatic heterocycles. The van der Waals surface area contributed by atoms with E-state index in [9.17, 15) is 9.59 Å². The van der Waals surface area contributed by atoms with Gasteiger partial charge in [-0.2, -0.15) is 0 Å². The van der Waals surface area contributed by atoms with Crippen LogP contribution in [0, 0.1) is 0 Å². The number of amides is 2. The lowest BCUT2D eigenvalue weighted by atomic mass is 10.0. The molecule has 2 aliphatic rings. The summed E-state index contributed by atoms with van der Waals surface area (Å²) < 4.78 is 16.2. The SMILES string of the molecule is COc1cc2c(cc1OC)CC(=O)N(CCC(=O)N1CCN(c3ccccc3OC)CC1)C=C2. The second kappa shape index (κ2) is 10.5. The van der Waals surface area contributed by atoms with E-state index in [1.807, 2.05) is 47.4 Å². The van der Waals surface area contributed by atoms with Crippen LogP contribution >= 0.6 is 0 Å². The molecule has 2 amide bonds. The number of benzene rings is 2. The van der Waals surface area contributed by atoms with Crippen molar-refractivity contribution in [3.8, 4) is 17.2 Å². The minimum Gasteiger partial charge on any atom is -0.495 e. The van der Waals surface area contributed by atoms with Crippen LogP contribution in [-0.2, 0) is 16.0 Å². The number of nitrogens with zero attached hydrogens (tertiary/aromatic N) is 3. The minimum atomic E-state index is -0.0454. The van der Waals surface area contributed by atoms with Crippen LogP contribution in [-0.4, -0.2) is 75.7 Å². The Morgan fingerprint density at radius 3 is 2.29 bits per heavy atom. The maximum Gasteiger partial charge on any atom is 0.230 e. The van der Waals surface area contributed by atoms with Gasteiger partial charge in [0.2, 0.25) is 11.8 Å². The standard InChI is InChI=1S/C26H31N3O5/c1-32-22-7-5-4-6-21(22)27-12-14-29(15-13-27)25(30)9-11-28-10-8-19-16-23(33-2)24(34-3)17-20(19)18-26(28)31/h4-8,10,16-17H,9,11-15,18H2,1-3H3. The van der Waals surface area contributed by atoms with E-state index in [0.29, 0.717) is 31.1 Å². The summed E-state index contributed by atoms with van der Waals surface area (Å²) in [6.45, 7) is 3.13. The summed E-state index contributed by atoms with van der Waals surface area (Å²) in [5, 5.41) is 0. The number of carbonyl (C=O) groups excluding carboxylic acids is 2. The third-order valence-corrected chi connectivity index (χ3v) is 6.37. The molecular weight excluding hydrogens is 434 g/mol. The Bertz CT molecular complexity index is 1080. The van der Waals surface area contributed by atoms with E-state index in [1.54, 1.807) is 32.4 Å². The molecule has 0 aliphatic carbocycles. The van der Waals surface area contributed by atoms with E-state index >= 15 is 0 Å². The van der Waals surface area contributed by atoms with Gasteiger partial charge in [-0.3, -0.25) is 9.59 Å². The molecule has 0 aromatic heterocycles. The van der Waals surface area contributed by atoms with Crippen molar-refractivity contribution >= 4 is 23.6 Å². The van der Waals surface area contributed by atoms with Crippen molar-refractivity contribution in [2.45, 2.75) is 12.8 Å². The van der Waals surface area contributed by atoms with Crippen LogP contribution < -0.4 is 19.1 Å². The molecule has 2 heterocycles. The fraction of sp³-hybridized carbons (Fsp3) is 0.385. The minimum absolute atomic E-state index is 0.0454. The topological polar surface area (TPSA) is 71.6 Å². The quantitative estimate of drug-likeness (QED) is 0.626. The van der Waals surface area contributed by atoms with Gasteiger partial charge in [0.1, 0.15) is 5.75 Å². The van der Waals surface area contributed by atoms with E-state index in [1.165, 1.54) is 0 Å². The summed E-state index contributed by atoms with van der Waals surface area (Å²) in [5.41, 5.74) is 2.83.